The molecule has 10 heteroatoms. The van der Waals surface area contributed by atoms with Crippen LogP contribution in [0.15, 0.2) is 31.0 Å². The second-order valence-corrected chi connectivity index (χ2v) is 5.85. The third kappa shape index (κ3) is 3.10. The monoisotopic (exact) mass is 339 g/mol. The second kappa shape index (κ2) is 6.75. The van der Waals surface area contributed by atoms with Gasteiger partial charge in [0.05, 0.1) is 5.92 Å². The Hall–Kier alpha value is -3.17. The van der Waals surface area contributed by atoms with Crippen LogP contribution in [0.25, 0.3) is 5.82 Å². The maximum atomic E-state index is 12.7. The fourth-order valence-corrected chi connectivity index (χ4v) is 3.01. The summed E-state index contributed by atoms with van der Waals surface area (Å²) in [7, 11) is 0. The van der Waals surface area contributed by atoms with Crippen molar-refractivity contribution in [1.82, 2.24) is 45.3 Å². The van der Waals surface area contributed by atoms with Crippen LogP contribution in [0.4, 0.5) is 0 Å². The Bertz CT molecular complexity index is 858. The minimum absolute atomic E-state index is 0.0775. The van der Waals surface area contributed by atoms with Gasteiger partial charge in [-0.05, 0) is 29.3 Å². The standard InChI is InChI=1S/C15H17N9O/c25-15(12-5-1-2-7-23-14(12)20-21-22-23)18-8-11-4-3-6-17-13(11)24-10-16-9-19-24/h3-4,6,9-10,12H,1-2,5,7-8H2,(H,18,25)/t12-/m0/s1. The molecule has 4 rings (SSSR count). The molecular weight excluding hydrogens is 322 g/mol. The van der Waals surface area contributed by atoms with Crippen LogP contribution in [0, 0.1) is 0 Å². The number of carbonyl (C=O) groups excluding carboxylic acids is 1. The minimum Gasteiger partial charge on any atom is -0.351 e. The predicted octanol–water partition coefficient (Wildman–Crippen LogP) is 0.233. The molecule has 1 amide bonds. The van der Waals surface area contributed by atoms with Crippen LogP contribution in [0.2, 0.25) is 0 Å². The maximum absolute atomic E-state index is 12.7. The number of nitrogens with zero attached hydrogens (tertiary/aromatic N) is 8. The van der Waals surface area contributed by atoms with Crippen LogP contribution < -0.4 is 5.32 Å². The van der Waals surface area contributed by atoms with Crippen molar-refractivity contribution >= 4 is 5.91 Å². The summed E-state index contributed by atoms with van der Waals surface area (Å²) in [6, 6.07) is 3.73. The van der Waals surface area contributed by atoms with Gasteiger partial charge < -0.3 is 5.32 Å². The van der Waals surface area contributed by atoms with E-state index in [2.05, 4.69) is 35.9 Å². The molecule has 0 unspecified atom stereocenters. The van der Waals surface area contributed by atoms with Crippen LogP contribution in [0.5, 0.6) is 0 Å². The van der Waals surface area contributed by atoms with Crippen molar-refractivity contribution in [3.8, 4) is 5.82 Å². The molecule has 0 radical (unpaired) electrons. The number of aromatic nitrogens is 8. The molecular formula is C15H17N9O. The summed E-state index contributed by atoms with van der Waals surface area (Å²) >= 11 is 0. The van der Waals surface area contributed by atoms with Crippen LogP contribution >= 0.6 is 0 Å². The lowest BCUT2D eigenvalue weighted by Crippen LogP contribution is -2.30. The summed E-state index contributed by atoms with van der Waals surface area (Å²) in [6.45, 7) is 1.10. The fourth-order valence-electron chi connectivity index (χ4n) is 3.01. The molecule has 3 aromatic rings. The van der Waals surface area contributed by atoms with Crippen molar-refractivity contribution < 1.29 is 4.79 Å². The van der Waals surface area contributed by atoms with Gasteiger partial charge in [0.25, 0.3) is 0 Å². The van der Waals surface area contributed by atoms with E-state index in [0.29, 0.717) is 18.2 Å². The van der Waals surface area contributed by atoms with Gasteiger partial charge in [0.1, 0.15) is 12.7 Å². The van der Waals surface area contributed by atoms with Gasteiger partial charge in [-0.2, -0.15) is 5.10 Å². The Morgan fingerprint density at radius 3 is 3.20 bits per heavy atom. The highest BCUT2D eigenvalue weighted by Crippen LogP contribution is 2.24. The third-order valence-corrected chi connectivity index (χ3v) is 4.26. The maximum Gasteiger partial charge on any atom is 0.231 e. The molecule has 128 valence electrons. The molecule has 0 aromatic carbocycles. The predicted molar refractivity (Wildman–Crippen MR) is 85.4 cm³/mol. The number of nitrogens with one attached hydrogen (secondary N) is 1. The molecule has 0 aliphatic carbocycles. The third-order valence-electron chi connectivity index (χ3n) is 4.26. The van der Waals surface area contributed by atoms with Crippen molar-refractivity contribution in [2.24, 2.45) is 0 Å². The average molecular weight is 339 g/mol. The van der Waals surface area contributed by atoms with Crippen molar-refractivity contribution in [1.29, 1.82) is 0 Å². The van der Waals surface area contributed by atoms with Crippen LogP contribution in [0.3, 0.4) is 0 Å². The first-order valence-electron chi connectivity index (χ1n) is 8.15. The number of hydrogen-bond donors (Lipinski definition) is 1. The van der Waals surface area contributed by atoms with Gasteiger partial charge in [0.2, 0.25) is 5.91 Å². The van der Waals surface area contributed by atoms with Gasteiger partial charge >= 0.3 is 0 Å². The molecule has 1 aliphatic rings. The topological polar surface area (TPSA) is 116 Å². The number of hydrogen-bond acceptors (Lipinski definition) is 7. The Balaban J connectivity index is 1.50. The normalized spacial score (nSPS) is 16.9. The van der Waals surface area contributed by atoms with E-state index in [1.54, 1.807) is 21.9 Å². The Morgan fingerprint density at radius 1 is 1.36 bits per heavy atom. The molecule has 1 aliphatic heterocycles. The number of carbonyl (C=O) groups is 1. The van der Waals surface area contributed by atoms with Crippen LogP contribution in [-0.2, 0) is 17.9 Å². The summed E-state index contributed by atoms with van der Waals surface area (Å²) in [5, 5.41) is 18.8. The highest BCUT2D eigenvalue weighted by atomic mass is 16.1. The molecule has 4 heterocycles. The van der Waals surface area contributed by atoms with E-state index in [9.17, 15) is 4.79 Å². The first-order chi connectivity index (χ1) is 12.3. The molecule has 0 saturated heterocycles. The quantitative estimate of drug-likeness (QED) is 0.723. The Kier molecular flexibility index (Phi) is 4.15. The smallest absolute Gasteiger partial charge is 0.231 e. The van der Waals surface area contributed by atoms with E-state index < -0.39 is 0 Å². The molecule has 0 spiro atoms. The van der Waals surface area contributed by atoms with Gasteiger partial charge in [0.15, 0.2) is 11.6 Å². The number of fused-ring (bicyclic) bond motifs is 1. The highest BCUT2D eigenvalue weighted by Gasteiger charge is 2.28. The summed E-state index contributed by atoms with van der Waals surface area (Å²) in [5.41, 5.74) is 0.856. The first-order valence-corrected chi connectivity index (χ1v) is 8.15. The summed E-state index contributed by atoms with van der Waals surface area (Å²) < 4.78 is 3.30. The van der Waals surface area contributed by atoms with E-state index >= 15 is 0 Å². The van der Waals surface area contributed by atoms with Gasteiger partial charge in [-0.1, -0.05) is 12.5 Å². The summed E-state index contributed by atoms with van der Waals surface area (Å²) in [4.78, 5) is 21.0. The zero-order chi connectivity index (χ0) is 17.1. The molecule has 0 saturated carbocycles. The second-order valence-electron chi connectivity index (χ2n) is 5.85. The lowest BCUT2D eigenvalue weighted by molar-refractivity contribution is -0.123. The number of aryl methyl sites for hydroxylation is 1. The Morgan fingerprint density at radius 2 is 2.32 bits per heavy atom. The minimum atomic E-state index is -0.330. The zero-order valence-corrected chi connectivity index (χ0v) is 13.5. The number of amides is 1. The van der Waals surface area contributed by atoms with Crippen molar-refractivity contribution in [3.63, 3.8) is 0 Å². The van der Waals surface area contributed by atoms with E-state index in [0.717, 1.165) is 31.4 Å². The van der Waals surface area contributed by atoms with Crippen molar-refractivity contribution in [3.05, 3.63) is 42.4 Å². The van der Waals surface area contributed by atoms with Gasteiger partial charge in [-0.3, -0.25) is 4.79 Å². The van der Waals surface area contributed by atoms with Gasteiger partial charge in [-0.25, -0.2) is 19.3 Å². The molecule has 0 bridgehead atoms. The van der Waals surface area contributed by atoms with Crippen LogP contribution in [0.1, 0.15) is 36.6 Å². The lowest BCUT2D eigenvalue weighted by Gasteiger charge is -2.14. The van der Waals surface area contributed by atoms with Gasteiger partial charge in [0, 0.05) is 24.8 Å². The van der Waals surface area contributed by atoms with E-state index in [1.807, 2.05) is 12.1 Å². The summed E-state index contributed by atoms with van der Waals surface area (Å²) in [6.07, 6.45) is 7.38. The molecule has 1 atom stereocenters. The molecule has 0 fully saturated rings. The molecule has 10 nitrogen and oxygen atoms in total. The SMILES string of the molecule is O=C(NCc1cccnc1-n1cncn1)[C@H]1CCCCn2nnnc21. The lowest BCUT2D eigenvalue weighted by atomic mass is 10.0. The van der Waals surface area contributed by atoms with Gasteiger partial charge in [-0.15, -0.1) is 5.10 Å². The zero-order valence-electron chi connectivity index (χ0n) is 13.5. The van der Waals surface area contributed by atoms with Crippen molar-refractivity contribution in [2.45, 2.75) is 38.3 Å². The van der Waals surface area contributed by atoms with Crippen LogP contribution in [-0.4, -0.2) is 45.9 Å². The Labute approximate surface area is 143 Å². The highest BCUT2D eigenvalue weighted by molar-refractivity contribution is 5.82. The number of pyridine rings is 1. The van der Waals surface area contributed by atoms with E-state index in [1.165, 1.54) is 6.33 Å². The molecule has 3 aromatic heterocycles. The fraction of sp³-hybridized carbons (Fsp3) is 0.400. The summed E-state index contributed by atoms with van der Waals surface area (Å²) in [5.74, 6) is 0.874. The molecule has 1 N–H and O–H groups in total. The number of rotatable bonds is 4. The first kappa shape index (κ1) is 15.4. The average Bonchev–Trinajstić information content (AvgIpc) is 3.29. The van der Waals surface area contributed by atoms with Crippen molar-refractivity contribution in [2.75, 3.05) is 0 Å². The largest absolute Gasteiger partial charge is 0.351 e. The van der Waals surface area contributed by atoms with E-state index in [-0.39, 0.29) is 11.8 Å². The van der Waals surface area contributed by atoms with E-state index in [4.69, 9.17) is 0 Å². The number of tetrazole rings is 1. The molecule has 25 heavy (non-hydrogen) atoms.